The van der Waals surface area contributed by atoms with Gasteiger partial charge in [-0.15, -0.1) is 11.8 Å². The van der Waals surface area contributed by atoms with E-state index in [-0.39, 0.29) is 11.3 Å². The maximum atomic E-state index is 12.1. The Morgan fingerprint density at radius 1 is 1.24 bits per heavy atom. The third-order valence-corrected chi connectivity index (χ3v) is 4.21. The molecule has 0 fully saturated rings. The zero-order valence-corrected chi connectivity index (χ0v) is 12.3. The van der Waals surface area contributed by atoms with Gasteiger partial charge in [-0.1, -0.05) is 12.1 Å². The third kappa shape index (κ3) is 2.92. The molecule has 0 spiro atoms. The van der Waals surface area contributed by atoms with Crippen molar-refractivity contribution in [2.75, 3.05) is 0 Å². The number of phenols is 1. The summed E-state index contributed by atoms with van der Waals surface area (Å²) in [4.78, 5) is 17.3. The van der Waals surface area contributed by atoms with Crippen molar-refractivity contribution in [2.45, 2.75) is 17.6 Å². The molecular weight excluding hydrogens is 284 g/mol. The first-order valence-corrected chi connectivity index (χ1v) is 7.52. The molecule has 0 aliphatic rings. The third-order valence-electron chi connectivity index (χ3n) is 3.12. The Bertz CT molecular complexity index is 858. The highest BCUT2D eigenvalue weighted by Gasteiger charge is 2.05. The van der Waals surface area contributed by atoms with Crippen LogP contribution in [0.2, 0.25) is 0 Å². The van der Waals surface area contributed by atoms with Crippen LogP contribution in [0.1, 0.15) is 11.3 Å². The molecular formula is C16H14N2O2S. The van der Waals surface area contributed by atoms with Crippen molar-refractivity contribution < 1.29 is 5.11 Å². The van der Waals surface area contributed by atoms with Crippen LogP contribution in [0.25, 0.3) is 5.65 Å². The molecule has 3 rings (SSSR count). The summed E-state index contributed by atoms with van der Waals surface area (Å²) in [5, 5.41) is 9.74. The van der Waals surface area contributed by atoms with Gasteiger partial charge in [0.15, 0.2) is 0 Å². The number of thioether (sulfide) groups is 1. The first kappa shape index (κ1) is 13.7. The molecule has 0 aliphatic carbocycles. The number of rotatable bonds is 3. The number of fused-ring (bicyclic) bond motifs is 1. The normalized spacial score (nSPS) is 10.9. The second-order valence-electron chi connectivity index (χ2n) is 4.77. The molecule has 0 saturated heterocycles. The Kier molecular flexibility index (Phi) is 3.66. The average Bonchev–Trinajstić information content (AvgIpc) is 2.46. The number of hydrogen-bond acceptors (Lipinski definition) is 4. The molecule has 3 aromatic rings. The summed E-state index contributed by atoms with van der Waals surface area (Å²) in [6.45, 7) is 1.97. The van der Waals surface area contributed by atoms with Crippen LogP contribution in [0, 0.1) is 6.92 Å². The van der Waals surface area contributed by atoms with E-state index in [2.05, 4.69) is 4.98 Å². The highest BCUT2D eigenvalue weighted by molar-refractivity contribution is 7.98. The van der Waals surface area contributed by atoms with Gasteiger partial charge in [0.1, 0.15) is 11.4 Å². The molecule has 21 heavy (non-hydrogen) atoms. The fourth-order valence-electron chi connectivity index (χ4n) is 2.06. The lowest BCUT2D eigenvalue weighted by molar-refractivity contribution is 0.462. The number of pyridine rings is 1. The number of hydrogen-bond donors (Lipinski definition) is 1. The summed E-state index contributed by atoms with van der Waals surface area (Å²) in [7, 11) is 0. The molecule has 4 nitrogen and oxygen atoms in total. The van der Waals surface area contributed by atoms with Gasteiger partial charge in [0.25, 0.3) is 5.56 Å². The first-order valence-electron chi connectivity index (χ1n) is 6.53. The van der Waals surface area contributed by atoms with Crippen molar-refractivity contribution in [3.05, 3.63) is 70.3 Å². The Morgan fingerprint density at radius 2 is 2.05 bits per heavy atom. The number of para-hydroxylation sites is 1. The van der Waals surface area contributed by atoms with E-state index in [1.807, 2.05) is 31.2 Å². The molecule has 0 atom stereocenters. The maximum Gasteiger partial charge on any atom is 0.258 e. The van der Waals surface area contributed by atoms with Gasteiger partial charge in [-0.25, -0.2) is 4.98 Å². The minimum atomic E-state index is -0.0899. The molecule has 1 aromatic carbocycles. The van der Waals surface area contributed by atoms with Crippen molar-refractivity contribution in [1.29, 1.82) is 0 Å². The monoisotopic (exact) mass is 298 g/mol. The van der Waals surface area contributed by atoms with Crippen molar-refractivity contribution in [3.63, 3.8) is 0 Å². The van der Waals surface area contributed by atoms with Crippen LogP contribution in [0.4, 0.5) is 0 Å². The predicted octanol–water partition coefficient (Wildman–Crippen LogP) is 3.00. The Labute approximate surface area is 126 Å². The van der Waals surface area contributed by atoms with E-state index in [0.29, 0.717) is 17.1 Å². The van der Waals surface area contributed by atoms with E-state index in [0.717, 1.165) is 10.5 Å². The zero-order chi connectivity index (χ0) is 14.8. The van der Waals surface area contributed by atoms with Crippen molar-refractivity contribution in [3.8, 4) is 5.75 Å². The van der Waals surface area contributed by atoms with Gasteiger partial charge < -0.3 is 5.11 Å². The molecule has 0 saturated carbocycles. The lowest BCUT2D eigenvalue weighted by Gasteiger charge is -2.06. The van der Waals surface area contributed by atoms with Gasteiger partial charge >= 0.3 is 0 Å². The summed E-state index contributed by atoms with van der Waals surface area (Å²) < 4.78 is 1.53. The molecule has 0 bridgehead atoms. The SMILES string of the molecule is Cc1ccn2c(=O)cc(CSc3ccccc3O)nc2c1. The zero-order valence-electron chi connectivity index (χ0n) is 11.5. The largest absolute Gasteiger partial charge is 0.507 e. The number of aryl methyl sites for hydroxylation is 1. The van der Waals surface area contributed by atoms with Crippen LogP contribution >= 0.6 is 11.8 Å². The first-order chi connectivity index (χ1) is 10.1. The molecule has 5 heteroatoms. The van der Waals surface area contributed by atoms with Crippen LogP contribution in [-0.4, -0.2) is 14.5 Å². The molecule has 0 radical (unpaired) electrons. The number of benzene rings is 1. The minimum absolute atomic E-state index is 0.0899. The molecule has 0 amide bonds. The fraction of sp³-hybridized carbons (Fsp3) is 0.125. The van der Waals surface area contributed by atoms with Crippen LogP contribution in [0.5, 0.6) is 5.75 Å². The van der Waals surface area contributed by atoms with Crippen LogP contribution in [0.15, 0.2) is 58.4 Å². The fourth-order valence-corrected chi connectivity index (χ4v) is 2.90. The minimum Gasteiger partial charge on any atom is -0.507 e. The smallest absolute Gasteiger partial charge is 0.258 e. The highest BCUT2D eigenvalue weighted by Crippen LogP contribution is 2.29. The maximum absolute atomic E-state index is 12.1. The molecule has 1 N–H and O–H groups in total. The Balaban J connectivity index is 1.91. The summed E-state index contributed by atoms with van der Waals surface area (Å²) >= 11 is 1.46. The van der Waals surface area contributed by atoms with E-state index in [9.17, 15) is 9.90 Å². The van der Waals surface area contributed by atoms with Crippen LogP contribution in [-0.2, 0) is 5.75 Å². The highest BCUT2D eigenvalue weighted by atomic mass is 32.2. The van der Waals surface area contributed by atoms with E-state index in [4.69, 9.17) is 0 Å². The number of aromatic nitrogens is 2. The molecule has 106 valence electrons. The van der Waals surface area contributed by atoms with Gasteiger partial charge in [-0.05, 0) is 36.8 Å². The van der Waals surface area contributed by atoms with Gasteiger partial charge in [0.2, 0.25) is 0 Å². The Morgan fingerprint density at radius 3 is 2.86 bits per heavy atom. The molecule has 0 unspecified atom stereocenters. The molecule has 0 aliphatic heterocycles. The van der Waals surface area contributed by atoms with E-state index in [1.54, 1.807) is 18.3 Å². The van der Waals surface area contributed by atoms with E-state index < -0.39 is 0 Å². The van der Waals surface area contributed by atoms with E-state index >= 15 is 0 Å². The van der Waals surface area contributed by atoms with Crippen molar-refractivity contribution in [1.82, 2.24) is 9.38 Å². The second kappa shape index (κ2) is 5.61. The quantitative estimate of drug-likeness (QED) is 0.755. The lowest BCUT2D eigenvalue weighted by atomic mass is 10.3. The average molecular weight is 298 g/mol. The number of nitrogens with zero attached hydrogens (tertiary/aromatic N) is 2. The standard InChI is InChI=1S/C16H14N2O2S/c1-11-6-7-18-15(8-11)17-12(9-16(18)20)10-21-14-5-3-2-4-13(14)19/h2-9,19H,10H2,1H3. The predicted molar refractivity (Wildman–Crippen MR) is 83.9 cm³/mol. The molecule has 2 aromatic heterocycles. The summed E-state index contributed by atoms with van der Waals surface area (Å²) in [6.07, 6.45) is 1.74. The van der Waals surface area contributed by atoms with Gasteiger partial charge in [-0.2, -0.15) is 0 Å². The van der Waals surface area contributed by atoms with Crippen molar-refractivity contribution in [2.24, 2.45) is 0 Å². The van der Waals surface area contributed by atoms with E-state index in [1.165, 1.54) is 22.2 Å². The van der Waals surface area contributed by atoms with Gasteiger partial charge in [0.05, 0.1) is 5.69 Å². The van der Waals surface area contributed by atoms with Gasteiger partial charge in [-0.3, -0.25) is 9.20 Å². The molecule has 2 heterocycles. The van der Waals surface area contributed by atoms with Gasteiger partial charge in [0, 0.05) is 22.9 Å². The topological polar surface area (TPSA) is 54.6 Å². The lowest BCUT2D eigenvalue weighted by Crippen LogP contribution is -2.15. The number of aromatic hydroxyl groups is 1. The summed E-state index contributed by atoms with van der Waals surface area (Å²) in [5.41, 5.74) is 2.33. The summed E-state index contributed by atoms with van der Waals surface area (Å²) in [6, 6.07) is 12.4. The second-order valence-corrected chi connectivity index (χ2v) is 5.79. The Hall–Kier alpha value is -2.27. The van der Waals surface area contributed by atoms with Crippen LogP contribution in [0.3, 0.4) is 0 Å². The van der Waals surface area contributed by atoms with Crippen LogP contribution < -0.4 is 5.56 Å². The van der Waals surface area contributed by atoms with Crippen molar-refractivity contribution >= 4 is 17.4 Å². The summed E-state index contributed by atoms with van der Waals surface area (Å²) in [5.74, 6) is 0.785. The number of phenolic OH excluding ortho intramolecular Hbond substituents is 1.